The molecule has 0 radical (unpaired) electrons. The largest absolute Gasteiger partial charge is 0.381 e. The molecule has 4 heterocycles. The Morgan fingerprint density at radius 2 is 2.04 bits per heavy atom. The quantitative estimate of drug-likeness (QED) is 0.842. The highest BCUT2D eigenvalue weighted by Gasteiger charge is 2.27. The van der Waals surface area contributed by atoms with E-state index in [-0.39, 0.29) is 11.9 Å². The maximum atomic E-state index is 12.7. The molecule has 2 aliphatic heterocycles. The van der Waals surface area contributed by atoms with Gasteiger partial charge in [0.1, 0.15) is 5.52 Å². The number of amides is 1. The van der Waals surface area contributed by atoms with Gasteiger partial charge in [0.15, 0.2) is 5.65 Å². The predicted molar refractivity (Wildman–Crippen MR) is 104 cm³/mol. The van der Waals surface area contributed by atoms with Crippen molar-refractivity contribution in [3.63, 3.8) is 0 Å². The summed E-state index contributed by atoms with van der Waals surface area (Å²) in [5.74, 6) is 0.344. The van der Waals surface area contributed by atoms with Crippen molar-refractivity contribution in [3.05, 3.63) is 17.8 Å². The molecule has 4 rings (SSSR count). The third kappa shape index (κ3) is 3.77. The third-order valence-corrected chi connectivity index (χ3v) is 5.76. The number of aryl methyl sites for hydroxylation is 1. The van der Waals surface area contributed by atoms with E-state index in [1.54, 1.807) is 12.3 Å². The van der Waals surface area contributed by atoms with Crippen LogP contribution >= 0.6 is 0 Å². The number of nitrogens with one attached hydrogen (secondary N) is 1. The number of imidazole rings is 1. The van der Waals surface area contributed by atoms with E-state index in [4.69, 9.17) is 10.5 Å². The molecule has 0 aromatic carbocycles. The molecule has 0 saturated carbocycles. The lowest BCUT2D eigenvalue weighted by molar-refractivity contribution is 0.0238. The summed E-state index contributed by atoms with van der Waals surface area (Å²) in [5.41, 5.74) is 7.83. The first-order valence-corrected chi connectivity index (χ1v) is 9.90. The molecule has 2 aromatic heterocycles. The molecule has 1 amide bonds. The number of likely N-dealkylation sites (tertiary alicyclic amines) is 1. The normalized spacial score (nSPS) is 20.2. The van der Waals surface area contributed by atoms with Crippen molar-refractivity contribution in [2.75, 3.05) is 32.0 Å². The number of piperidine rings is 1. The van der Waals surface area contributed by atoms with Crippen LogP contribution in [0.2, 0.25) is 0 Å². The molecule has 0 unspecified atom stereocenters. The number of nitrogens with zero attached hydrogens (tertiary/aromatic N) is 4. The summed E-state index contributed by atoms with van der Waals surface area (Å²) < 4.78 is 7.29. The molecule has 0 aliphatic carbocycles. The molecule has 8 heteroatoms. The standard InChI is InChI=1S/C19H28N6O2/c1-2-25-17-16(23-19(25)20)11-13(12-21-17)18(26)22-14-3-7-24(8-4-14)15-5-9-27-10-6-15/h11-12,14-15H,2-10H2,1H3,(H2,20,23)(H,22,26). The van der Waals surface area contributed by atoms with Crippen LogP contribution in [0.5, 0.6) is 0 Å². The third-order valence-electron chi connectivity index (χ3n) is 5.76. The fourth-order valence-electron chi connectivity index (χ4n) is 4.19. The zero-order valence-corrected chi connectivity index (χ0v) is 15.9. The highest BCUT2D eigenvalue weighted by molar-refractivity contribution is 5.96. The van der Waals surface area contributed by atoms with Crippen molar-refractivity contribution in [2.45, 2.75) is 51.2 Å². The lowest BCUT2D eigenvalue weighted by Crippen LogP contribution is -2.49. The molecule has 27 heavy (non-hydrogen) atoms. The monoisotopic (exact) mass is 372 g/mol. The molecule has 3 N–H and O–H groups in total. The average Bonchev–Trinajstić information content (AvgIpc) is 3.03. The van der Waals surface area contributed by atoms with E-state index >= 15 is 0 Å². The van der Waals surface area contributed by atoms with Crippen molar-refractivity contribution in [1.82, 2.24) is 24.8 Å². The first-order chi connectivity index (χ1) is 13.2. The molecule has 146 valence electrons. The fraction of sp³-hybridized carbons (Fsp3) is 0.632. The summed E-state index contributed by atoms with van der Waals surface area (Å²) in [7, 11) is 0. The zero-order chi connectivity index (χ0) is 18.8. The Balaban J connectivity index is 1.36. The van der Waals surface area contributed by atoms with Gasteiger partial charge in [-0.25, -0.2) is 9.97 Å². The predicted octanol–water partition coefficient (Wildman–Crippen LogP) is 1.41. The lowest BCUT2D eigenvalue weighted by Gasteiger charge is -2.39. The van der Waals surface area contributed by atoms with E-state index in [0.717, 1.165) is 57.6 Å². The minimum absolute atomic E-state index is 0.0847. The lowest BCUT2D eigenvalue weighted by atomic mass is 9.99. The summed E-state index contributed by atoms with van der Waals surface area (Å²) in [6, 6.07) is 2.63. The van der Waals surface area contributed by atoms with Crippen LogP contribution in [0, 0.1) is 0 Å². The van der Waals surface area contributed by atoms with Crippen LogP contribution in [-0.2, 0) is 11.3 Å². The molecule has 0 atom stereocenters. The van der Waals surface area contributed by atoms with Crippen LogP contribution in [0.15, 0.2) is 12.3 Å². The number of carbonyl (C=O) groups is 1. The molecule has 2 saturated heterocycles. The number of nitrogens with two attached hydrogens (primary N) is 1. The molecular formula is C19H28N6O2. The Hall–Kier alpha value is -2.19. The Kier molecular flexibility index (Phi) is 5.27. The number of ether oxygens (including phenoxy) is 1. The van der Waals surface area contributed by atoms with E-state index < -0.39 is 0 Å². The minimum atomic E-state index is -0.0847. The van der Waals surface area contributed by atoms with E-state index in [1.165, 1.54) is 0 Å². The molecule has 0 spiro atoms. The second-order valence-electron chi connectivity index (χ2n) is 7.41. The number of fused-ring (bicyclic) bond motifs is 1. The fourth-order valence-corrected chi connectivity index (χ4v) is 4.19. The van der Waals surface area contributed by atoms with Crippen LogP contribution in [0.1, 0.15) is 43.0 Å². The number of aromatic nitrogens is 3. The number of rotatable bonds is 4. The maximum absolute atomic E-state index is 12.7. The molecule has 0 bridgehead atoms. The minimum Gasteiger partial charge on any atom is -0.381 e. The number of carbonyl (C=O) groups excluding carboxylic acids is 1. The van der Waals surface area contributed by atoms with Crippen molar-refractivity contribution in [1.29, 1.82) is 0 Å². The number of nitrogen functional groups attached to an aromatic ring is 1. The topological polar surface area (TPSA) is 98.3 Å². The van der Waals surface area contributed by atoms with E-state index in [9.17, 15) is 4.79 Å². The number of pyridine rings is 1. The van der Waals surface area contributed by atoms with E-state index in [2.05, 4.69) is 20.2 Å². The Morgan fingerprint density at radius 3 is 2.74 bits per heavy atom. The zero-order valence-electron chi connectivity index (χ0n) is 15.9. The van der Waals surface area contributed by atoms with Gasteiger partial charge in [-0.1, -0.05) is 0 Å². The van der Waals surface area contributed by atoms with Gasteiger partial charge in [0, 0.05) is 51.1 Å². The second-order valence-corrected chi connectivity index (χ2v) is 7.41. The maximum Gasteiger partial charge on any atom is 0.253 e. The molecular weight excluding hydrogens is 344 g/mol. The van der Waals surface area contributed by atoms with E-state index in [1.807, 2.05) is 11.5 Å². The second kappa shape index (κ2) is 7.82. The van der Waals surface area contributed by atoms with Gasteiger partial charge in [0.05, 0.1) is 5.56 Å². The average molecular weight is 372 g/mol. The first-order valence-electron chi connectivity index (χ1n) is 9.90. The highest BCUT2D eigenvalue weighted by Crippen LogP contribution is 2.21. The van der Waals surface area contributed by atoms with Gasteiger partial charge >= 0.3 is 0 Å². The summed E-state index contributed by atoms with van der Waals surface area (Å²) >= 11 is 0. The van der Waals surface area contributed by atoms with Crippen molar-refractivity contribution < 1.29 is 9.53 Å². The van der Waals surface area contributed by atoms with Gasteiger partial charge in [-0.15, -0.1) is 0 Å². The van der Waals surface area contributed by atoms with Crippen LogP contribution in [-0.4, -0.2) is 63.7 Å². The van der Waals surface area contributed by atoms with Crippen molar-refractivity contribution in [3.8, 4) is 0 Å². The van der Waals surface area contributed by atoms with Gasteiger partial charge < -0.3 is 20.7 Å². The summed E-state index contributed by atoms with van der Waals surface area (Å²) in [5, 5.41) is 3.16. The first kappa shape index (κ1) is 18.2. The van der Waals surface area contributed by atoms with Crippen LogP contribution in [0.25, 0.3) is 11.2 Å². The van der Waals surface area contributed by atoms with E-state index in [0.29, 0.717) is 29.6 Å². The van der Waals surface area contributed by atoms with Crippen molar-refractivity contribution >= 4 is 23.0 Å². The summed E-state index contributed by atoms with van der Waals surface area (Å²) in [6.45, 7) is 6.50. The van der Waals surface area contributed by atoms with Crippen LogP contribution in [0.3, 0.4) is 0 Å². The number of anilines is 1. The van der Waals surface area contributed by atoms with Crippen LogP contribution in [0.4, 0.5) is 5.95 Å². The molecule has 8 nitrogen and oxygen atoms in total. The Bertz CT molecular complexity index is 806. The van der Waals surface area contributed by atoms with Gasteiger partial charge in [-0.3, -0.25) is 9.36 Å². The number of hydrogen-bond donors (Lipinski definition) is 2. The number of hydrogen-bond acceptors (Lipinski definition) is 6. The molecule has 2 aliphatic rings. The van der Waals surface area contributed by atoms with Crippen LogP contribution < -0.4 is 11.1 Å². The van der Waals surface area contributed by atoms with Gasteiger partial charge in [0.2, 0.25) is 5.95 Å². The summed E-state index contributed by atoms with van der Waals surface area (Å²) in [4.78, 5) is 23.9. The van der Waals surface area contributed by atoms with Gasteiger partial charge in [0.25, 0.3) is 5.91 Å². The van der Waals surface area contributed by atoms with Gasteiger partial charge in [-0.05, 0) is 38.7 Å². The SMILES string of the molecule is CCn1c(N)nc2cc(C(=O)NC3CCN(C4CCOCC4)CC3)cnc21. The Morgan fingerprint density at radius 1 is 1.30 bits per heavy atom. The molecule has 2 aromatic rings. The molecule has 2 fully saturated rings. The highest BCUT2D eigenvalue weighted by atomic mass is 16.5. The van der Waals surface area contributed by atoms with Gasteiger partial charge in [-0.2, -0.15) is 0 Å². The smallest absolute Gasteiger partial charge is 0.253 e. The Labute approximate surface area is 159 Å². The summed E-state index contributed by atoms with van der Waals surface area (Å²) in [6.07, 6.45) is 5.82. The van der Waals surface area contributed by atoms with Crippen molar-refractivity contribution in [2.24, 2.45) is 0 Å².